The molecule has 5 rings (SSSR count). The Labute approximate surface area is 267 Å². The molecule has 2 heterocycles. The van der Waals surface area contributed by atoms with Crippen LogP contribution in [0.4, 0.5) is 11.5 Å². The van der Waals surface area contributed by atoms with Crippen LogP contribution in [0.2, 0.25) is 0 Å². The van der Waals surface area contributed by atoms with Gasteiger partial charge < -0.3 is 25.8 Å². The Bertz CT molecular complexity index is 1920. The number of hydrogen-bond acceptors (Lipinski definition) is 8. The van der Waals surface area contributed by atoms with E-state index >= 15 is 0 Å². The number of amides is 2. The van der Waals surface area contributed by atoms with Gasteiger partial charge in [0.1, 0.15) is 18.1 Å². The lowest BCUT2D eigenvalue weighted by molar-refractivity contribution is 0.0473. The second-order valence-electron chi connectivity index (χ2n) is 11.9. The summed E-state index contributed by atoms with van der Waals surface area (Å²) in [6.45, 7) is 6.49. The van der Waals surface area contributed by atoms with Crippen LogP contribution >= 0.6 is 0 Å². The average Bonchev–Trinajstić information content (AvgIpc) is 3.05. The van der Waals surface area contributed by atoms with Crippen LogP contribution in [-0.4, -0.2) is 41.4 Å². The molecule has 0 atom stereocenters. The normalized spacial score (nSPS) is 11.1. The van der Waals surface area contributed by atoms with Crippen LogP contribution in [0.1, 0.15) is 57.5 Å². The number of nitrogens with one attached hydrogen (secondary N) is 2. The third-order valence-corrected chi connectivity index (χ3v) is 7.13. The topological polar surface area (TPSA) is 146 Å². The van der Waals surface area contributed by atoms with E-state index < -0.39 is 11.9 Å². The summed E-state index contributed by atoms with van der Waals surface area (Å²) in [6.07, 6.45) is 1.59. The molecule has 5 aromatic rings. The van der Waals surface area contributed by atoms with E-state index in [2.05, 4.69) is 20.6 Å². The standard InChI is InChI=1S/C36H35N5O5/c1-36(2,3)21-39-33(42)24-10-12-27(29(19-24)35(44)46-20-22-8-6-5-7-9-22)28-14-15-30(45-4)41-31(28)34(43)40-25-11-13-26-23(18-25)16-17-38-32(26)37/h5-19H,20-21H2,1-4H3,(H2,37,38)(H,39,42)(H,40,43). The van der Waals surface area contributed by atoms with Crippen molar-refractivity contribution in [3.63, 3.8) is 0 Å². The fourth-order valence-corrected chi connectivity index (χ4v) is 4.75. The molecule has 3 aromatic carbocycles. The van der Waals surface area contributed by atoms with Gasteiger partial charge in [0.25, 0.3) is 11.8 Å². The number of benzene rings is 3. The Morgan fingerprint density at radius 1 is 0.870 bits per heavy atom. The molecule has 10 nitrogen and oxygen atoms in total. The zero-order valence-electron chi connectivity index (χ0n) is 26.1. The van der Waals surface area contributed by atoms with Crippen molar-refractivity contribution in [2.75, 3.05) is 24.7 Å². The highest BCUT2D eigenvalue weighted by Crippen LogP contribution is 2.31. The van der Waals surface area contributed by atoms with E-state index in [9.17, 15) is 14.4 Å². The van der Waals surface area contributed by atoms with Gasteiger partial charge in [-0.05, 0) is 64.4 Å². The Kier molecular flexibility index (Phi) is 9.27. The average molecular weight is 618 g/mol. The van der Waals surface area contributed by atoms with E-state index in [1.165, 1.54) is 13.2 Å². The Morgan fingerprint density at radius 3 is 2.37 bits per heavy atom. The first-order valence-electron chi connectivity index (χ1n) is 14.7. The summed E-state index contributed by atoms with van der Waals surface area (Å²) < 4.78 is 11.0. The van der Waals surface area contributed by atoms with Gasteiger partial charge in [-0.3, -0.25) is 9.59 Å². The molecule has 0 unspecified atom stereocenters. The molecule has 0 fully saturated rings. The molecule has 4 N–H and O–H groups in total. The smallest absolute Gasteiger partial charge is 0.339 e. The fourth-order valence-electron chi connectivity index (χ4n) is 4.75. The van der Waals surface area contributed by atoms with Gasteiger partial charge in [-0.2, -0.15) is 0 Å². The molecule has 0 spiro atoms. The minimum absolute atomic E-state index is 0.00994. The number of nitrogens with zero attached hydrogens (tertiary/aromatic N) is 2. The number of fused-ring (bicyclic) bond motifs is 1. The van der Waals surface area contributed by atoms with Gasteiger partial charge in [-0.1, -0.05) is 57.2 Å². The first-order valence-corrected chi connectivity index (χ1v) is 14.7. The number of anilines is 2. The number of nitrogens with two attached hydrogens (primary N) is 1. The number of hydrogen-bond donors (Lipinski definition) is 3. The van der Waals surface area contributed by atoms with Gasteiger partial charge in [0, 0.05) is 41.0 Å². The molecule has 234 valence electrons. The lowest BCUT2D eigenvalue weighted by atomic mass is 9.94. The number of methoxy groups -OCH3 is 1. The second-order valence-corrected chi connectivity index (χ2v) is 11.9. The Balaban J connectivity index is 1.54. The van der Waals surface area contributed by atoms with Gasteiger partial charge in [0.2, 0.25) is 5.88 Å². The van der Waals surface area contributed by atoms with Crippen molar-refractivity contribution < 1.29 is 23.9 Å². The first kappa shape index (κ1) is 31.6. The summed E-state index contributed by atoms with van der Waals surface area (Å²) in [5, 5.41) is 7.36. The molecule has 0 bridgehead atoms. The minimum atomic E-state index is -0.660. The predicted molar refractivity (Wildman–Crippen MR) is 178 cm³/mol. The minimum Gasteiger partial charge on any atom is -0.481 e. The number of ether oxygens (including phenoxy) is 2. The summed E-state index contributed by atoms with van der Waals surface area (Å²) >= 11 is 0. The van der Waals surface area contributed by atoms with Gasteiger partial charge in [0.05, 0.1) is 12.7 Å². The largest absolute Gasteiger partial charge is 0.481 e. The highest BCUT2D eigenvalue weighted by molar-refractivity contribution is 6.10. The molecule has 0 aliphatic carbocycles. The fraction of sp³-hybridized carbons (Fsp3) is 0.194. The number of aromatic nitrogens is 2. The van der Waals surface area contributed by atoms with Crippen LogP contribution in [0, 0.1) is 5.41 Å². The van der Waals surface area contributed by atoms with Crippen LogP contribution in [0.15, 0.2) is 91.1 Å². The maximum Gasteiger partial charge on any atom is 0.339 e. The maximum atomic E-state index is 13.8. The number of nitrogen functional groups attached to an aromatic ring is 1. The SMILES string of the molecule is COc1ccc(-c2ccc(C(=O)NCC(C)(C)C)cc2C(=O)OCc2ccccc2)c(C(=O)Nc2ccc3c(N)nccc3c2)n1. The summed E-state index contributed by atoms with van der Waals surface area (Å²) in [4.78, 5) is 49.1. The zero-order chi connectivity index (χ0) is 32.8. The first-order chi connectivity index (χ1) is 22.0. The lowest BCUT2D eigenvalue weighted by Gasteiger charge is -2.19. The highest BCUT2D eigenvalue weighted by Gasteiger charge is 2.24. The van der Waals surface area contributed by atoms with Crippen molar-refractivity contribution >= 4 is 40.1 Å². The van der Waals surface area contributed by atoms with E-state index in [0.29, 0.717) is 29.2 Å². The van der Waals surface area contributed by atoms with Crippen LogP contribution < -0.4 is 21.1 Å². The molecular weight excluding hydrogens is 582 g/mol. The van der Waals surface area contributed by atoms with Gasteiger partial charge in [0.15, 0.2) is 0 Å². The Morgan fingerprint density at radius 2 is 1.63 bits per heavy atom. The van der Waals surface area contributed by atoms with Crippen LogP contribution in [0.5, 0.6) is 5.88 Å². The molecule has 0 aliphatic heterocycles. The van der Waals surface area contributed by atoms with Gasteiger partial charge in [-0.15, -0.1) is 0 Å². The molecule has 2 amide bonds. The Hall–Kier alpha value is -5.77. The van der Waals surface area contributed by atoms with E-state index in [1.54, 1.807) is 54.7 Å². The summed E-state index contributed by atoms with van der Waals surface area (Å²) in [5.74, 6) is -0.943. The van der Waals surface area contributed by atoms with Gasteiger partial charge >= 0.3 is 5.97 Å². The second kappa shape index (κ2) is 13.5. The lowest BCUT2D eigenvalue weighted by Crippen LogP contribution is -2.32. The predicted octanol–water partition coefficient (Wildman–Crippen LogP) is 6.27. The quantitative estimate of drug-likeness (QED) is 0.164. The number of rotatable bonds is 9. The van der Waals surface area contributed by atoms with Crippen LogP contribution in [0.25, 0.3) is 21.9 Å². The summed E-state index contributed by atoms with van der Waals surface area (Å²) in [7, 11) is 1.45. The van der Waals surface area contributed by atoms with Crippen molar-refractivity contribution in [1.29, 1.82) is 0 Å². The zero-order valence-corrected chi connectivity index (χ0v) is 26.1. The highest BCUT2D eigenvalue weighted by atomic mass is 16.5. The summed E-state index contributed by atoms with van der Waals surface area (Å²) in [5.41, 5.74) is 8.26. The molecule has 46 heavy (non-hydrogen) atoms. The number of carbonyl (C=O) groups excluding carboxylic acids is 3. The molecular formula is C36H35N5O5. The van der Waals surface area contributed by atoms with E-state index in [1.807, 2.05) is 51.1 Å². The van der Waals surface area contributed by atoms with E-state index in [0.717, 1.165) is 16.3 Å². The molecule has 0 radical (unpaired) electrons. The van der Waals surface area contributed by atoms with E-state index in [-0.39, 0.29) is 40.6 Å². The van der Waals surface area contributed by atoms with Crippen molar-refractivity contribution in [3.05, 3.63) is 114 Å². The molecule has 10 heteroatoms. The van der Waals surface area contributed by atoms with Crippen molar-refractivity contribution in [2.24, 2.45) is 5.41 Å². The number of esters is 1. The van der Waals surface area contributed by atoms with E-state index in [4.69, 9.17) is 15.2 Å². The molecule has 0 saturated carbocycles. The molecule has 0 aliphatic rings. The third kappa shape index (κ3) is 7.47. The number of pyridine rings is 2. The maximum absolute atomic E-state index is 13.8. The van der Waals surface area contributed by atoms with Crippen molar-refractivity contribution in [1.82, 2.24) is 15.3 Å². The third-order valence-electron chi connectivity index (χ3n) is 7.13. The van der Waals surface area contributed by atoms with Crippen molar-refractivity contribution in [2.45, 2.75) is 27.4 Å². The number of carbonyl (C=O) groups is 3. The molecule has 0 saturated heterocycles. The van der Waals surface area contributed by atoms with Crippen molar-refractivity contribution in [3.8, 4) is 17.0 Å². The monoisotopic (exact) mass is 617 g/mol. The van der Waals surface area contributed by atoms with Crippen LogP contribution in [0.3, 0.4) is 0 Å². The molecule has 2 aromatic heterocycles. The van der Waals surface area contributed by atoms with Crippen LogP contribution in [-0.2, 0) is 11.3 Å². The summed E-state index contributed by atoms with van der Waals surface area (Å²) in [6, 6.07) is 24.3. The van der Waals surface area contributed by atoms with Gasteiger partial charge in [-0.25, -0.2) is 14.8 Å².